The van der Waals surface area contributed by atoms with Crippen LogP contribution < -0.4 is 9.46 Å². The Labute approximate surface area is 125 Å². The van der Waals surface area contributed by atoms with E-state index in [1.54, 1.807) is 19.1 Å². The largest absolute Gasteiger partial charge is 0.496 e. The fraction of sp³-hybridized carbons (Fsp3) is 0.250. The molecule has 0 amide bonds. The van der Waals surface area contributed by atoms with Gasteiger partial charge in [0.2, 0.25) is 10.0 Å². The second kappa shape index (κ2) is 5.94. The molecule has 0 aliphatic heterocycles. The van der Waals surface area contributed by atoms with Gasteiger partial charge in [0.15, 0.2) is 0 Å². The van der Waals surface area contributed by atoms with E-state index >= 15 is 0 Å². The highest BCUT2D eigenvalue weighted by Crippen LogP contribution is 2.27. The number of methoxy groups -OCH3 is 1. The topological polar surface area (TPSA) is 81.4 Å². The summed E-state index contributed by atoms with van der Waals surface area (Å²) in [7, 11) is -2.10. The maximum atomic E-state index is 12.1. The SMILES string of the molecule is COc1ccc(S(=O)(=O)NCc2cc(C)on2)cc1Br. The van der Waals surface area contributed by atoms with Gasteiger partial charge in [0.05, 0.1) is 28.7 Å². The molecule has 20 heavy (non-hydrogen) atoms. The van der Waals surface area contributed by atoms with Crippen LogP contribution in [0.4, 0.5) is 0 Å². The molecule has 0 saturated heterocycles. The molecule has 0 unspecified atom stereocenters. The molecular weight excluding hydrogens is 348 g/mol. The molecule has 2 rings (SSSR count). The molecule has 0 fully saturated rings. The Hall–Kier alpha value is -1.38. The molecule has 6 nitrogen and oxygen atoms in total. The maximum absolute atomic E-state index is 12.1. The Bertz CT molecular complexity index is 712. The van der Waals surface area contributed by atoms with Gasteiger partial charge < -0.3 is 9.26 Å². The fourth-order valence-corrected chi connectivity index (χ4v) is 3.28. The maximum Gasteiger partial charge on any atom is 0.240 e. The molecule has 0 bridgehead atoms. The van der Waals surface area contributed by atoms with E-state index in [-0.39, 0.29) is 11.4 Å². The van der Waals surface area contributed by atoms with Gasteiger partial charge in [0.25, 0.3) is 0 Å². The average Bonchev–Trinajstić information content (AvgIpc) is 2.82. The van der Waals surface area contributed by atoms with Gasteiger partial charge in [-0.1, -0.05) is 5.16 Å². The summed E-state index contributed by atoms with van der Waals surface area (Å²) in [5, 5.41) is 3.73. The van der Waals surface area contributed by atoms with Crippen LogP contribution in [0, 0.1) is 6.92 Å². The van der Waals surface area contributed by atoms with Gasteiger partial charge in [-0.15, -0.1) is 0 Å². The zero-order valence-corrected chi connectivity index (χ0v) is 13.3. The summed E-state index contributed by atoms with van der Waals surface area (Å²) in [6.45, 7) is 1.81. The average molecular weight is 361 g/mol. The first-order valence-electron chi connectivity index (χ1n) is 5.68. The number of nitrogens with one attached hydrogen (secondary N) is 1. The molecular formula is C12H13BrN2O4S. The van der Waals surface area contributed by atoms with E-state index in [0.717, 1.165) is 0 Å². The van der Waals surface area contributed by atoms with Crippen molar-refractivity contribution in [2.24, 2.45) is 0 Å². The lowest BCUT2D eigenvalue weighted by atomic mass is 10.3. The Morgan fingerprint density at radius 2 is 2.15 bits per heavy atom. The van der Waals surface area contributed by atoms with Gasteiger partial charge in [-0.25, -0.2) is 13.1 Å². The first-order chi connectivity index (χ1) is 9.42. The molecule has 1 N–H and O–H groups in total. The molecule has 8 heteroatoms. The van der Waals surface area contributed by atoms with E-state index in [2.05, 4.69) is 25.8 Å². The van der Waals surface area contributed by atoms with Crippen molar-refractivity contribution in [2.75, 3.05) is 7.11 Å². The number of halogens is 1. The van der Waals surface area contributed by atoms with Crippen LogP contribution in [0.3, 0.4) is 0 Å². The second-order valence-corrected chi connectivity index (χ2v) is 6.67. The van der Waals surface area contributed by atoms with Crippen molar-refractivity contribution in [3.63, 3.8) is 0 Å². The van der Waals surface area contributed by atoms with Crippen molar-refractivity contribution in [1.29, 1.82) is 0 Å². The third kappa shape index (κ3) is 3.38. The highest BCUT2D eigenvalue weighted by Gasteiger charge is 2.16. The Morgan fingerprint density at radius 3 is 2.70 bits per heavy atom. The Morgan fingerprint density at radius 1 is 1.40 bits per heavy atom. The lowest BCUT2D eigenvalue weighted by Gasteiger charge is -2.08. The normalized spacial score (nSPS) is 11.6. The van der Waals surface area contributed by atoms with Crippen molar-refractivity contribution >= 4 is 26.0 Å². The minimum absolute atomic E-state index is 0.0727. The fourth-order valence-electron chi connectivity index (χ4n) is 1.57. The number of nitrogens with zero attached hydrogens (tertiary/aromatic N) is 1. The van der Waals surface area contributed by atoms with E-state index in [1.807, 2.05) is 0 Å². The van der Waals surface area contributed by atoms with Crippen molar-refractivity contribution in [1.82, 2.24) is 9.88 Å². The summed E-state index contributed by atoms with van der Waals surface area (Å²) in [6, 6.07) is 6.21. The van der Waals surface area contributed by atoms with Gasteiger partial charge in [-0.05, 0) is 41.1 Å². The predicted molar refractivity (Wildman–Crippen MR) is 76.0 cm³/mol. The zero-order valence-electron chi connectivity index (χ0n) is 10.9. The first kappa shape index (κ1) is 15.0. The van der Waals surface area contributed by atoms with Crippen LogP contribution in [-0.4, -0.2) is 20.7 Å². The van der Waals surface area contributed by atoms with Crippen LogP contribution in [0.25, 0.3) is 0 Å². The highest BCUT2D eigenvalue weighted by atomic mass is 79.9. The van der Waals surface area contributed by atoms with E-state index in [0.29, 0.717) is 21.7 Å². The molecule has 0 radical (unpaired) electrons. The summed E-state index contributed by atoms with van der Waals surface area (Å²) >= 11 is 3.25. The standard InChI is InChI=1S/C12H13BrN2O4S/c1-8-5-9(15-19-8)7-14-20(16,17)10-3-4-12(18-2)11(13)6-10/h3-6,14H,7H2,1-2H3. The van der Waals surface area contributed by atoms with Crippen molar-refractivity contribution < 1.29 is 17.7 Å². The molecule has 0 saturated carbocycles. The number of aryl methyl sites for hydroxylation is 1. The van der Waals surface area contributed by atoms with Crippen LogP contribution in [0.1, 0.15) is 11.5 Å². The third-order valence-electron chi connectivity index (χ3n) is 2.55. The van der Waals surface area contributed by atoms with Crippen LogP contribution >= 0.6 is 15.9 Å². The number of hydrogen-bond donors (Lipinski definition) is 1. The number of hydrogen-bond acceptors (Lipinski definition) is 5. The van der Waals surface area contributed by atoms with E-state index in [4.69, 9.17) is 9.26 Å². The molecule has 0 spiro atoms. The number of rotatable bonds is 5. The Balaban J connectivity index is 2.15. The lowest BCUT2D eigenvalue weighted by molar-refractivity contribution is 0.390. The summed E-state index contributed by atoms with van der Waals surface area (Å²) in [5.74, 6) is 1.20. The summed E-state index contributed by atoms with van der Waals surface area (Å²) in [6.07, 6.45) is 0. The molecule has 0 aliphatic carbocycles. The van der Waals surface area contributed by atoms with Gasteiger partial charge in [0.1, 0.15) is 11.5 Å². The molecule has 1 aromatic carbocycles. The Kier molecular flexibility index (Phi) is 4.46. The smallest absolute Gasteiger partial charge is 0.240 e. The minimum Gasteiger partial charge on any atom is -0.496 e. The number of benzene rings is 1. The number of ether oxygens (including phenoxy) is 1. The van der Waals surface area contributed by atoms with Crippen LogP contribution in [0.2, 0.25) is 0 Å². The predicted octanol–water partition coefficient (Wildman–Crippen LogP) is 2.23. The van der Waals surface area contributed by atoms with Crippen LogP contribution in [-0.2, 0) is 16.6 Å². The first-order valence-corrected chi connectivity index (χ1v) is 7.95. The summed E-state index contributed by atoms with van der Waals surface area (Å²) in [4.78, 5) is 0.144. The van der Waals surface area contributed by atoms with E-state index in [9.17, 15) is 8.42 Å². The zero-order chi connectivity index (χ0) is 14.8. The molecule has 0 atom stereocenters. The molecule has 0 aliphatic rings. The third-order valence-corrected chi connectivity index (χ3v) is 4.57. The molecule has 1 aromatic heterocycles. The van der Waals surface area contributed by atoms with Gasteiger partial charge in [-0.2, -0.15) is 0 Å². The van der Waals surface area contributed by atoms with Crippen LogP contribution in [0.15, 0.2) is 38.2 Å². The van der Waals surface area contributed by atoms with Crippen molar-refractivity contribution in [3.05, 3.63) is 40.2 Å². The van der Waals surface area contributed by atoms with Crippen molar-refractivity contribution in [3.8, 4) is 5.75 Å². The minimum atomic E-state index is -3.61. The van der Waals surface area contributed by atoms with Gasteiger partial charge in [0, 0.05) is 6.07 Å². The monoisotopic (exact) mass is 360 g/mol. The quantitative estimate of drug-likeness (QED) is 0.883. The second-order valence-electron chi connectivity index (χ2n) is 4.05. The van der Waals surface area contributed by atoms with E-state index < -0.39 is 10.0 Å². The number of sulfonamides is 1. The molecule has 108 valence electrons. The van der Waals surface area contributed by atoms with E-state index in [1.165, 1.54) is 19.2 Å². The molecule has 2 aromatic rings. The highest BCUT2D eigenvalue weighted by molar-refractivity contribution is 9.10. The van der Waals surface area contributed by atoms with Crippen molar-refractivity contribution in [2.45, 2.75) is 18.4 Å². The van der Waals surface area contributed by atoms with Gasteiger partial charge in [-0.3, -0.25) is 0 Å². The van der Waals surface area contributed by atoms with Crippen LogP contribution in [0.5, 0.6) is 5.75 Å². The number of aromatic nitrogens is 1. The van der Waals surface area contributed by atoms with Gasteiger partial charge >= 0.3 is 0 Å². The summed E-state index contributed by atoms with van der Waals surface area (Å²) in [5.41, 5.74) is 0.527. The molecule has 1 heterocycles. The lowest BCUT2D eigenvalue weighted by Crippen LogP contribution is -2.23. The summed E-state index contributed by atoms with van der Waals surface area (Å²) < 4.78 is 37.2.